The Labute approximate surface area is 140 Å². The summed E-state index contributed by atoms with van der Waals surface area (Å²) in [6, 6.07) is 0.388. The Hall–Kier alpha value is -1.24. The van der Waals surface area contributed by atoms with Crippen molar-refractivity contribution in [3.05, 3.63) is 0 Å². The van der Waals surface area contributed by atoms with Gasteiger partial charge in [-0.1, -0.05) is 25.1 Å². The first-order valence-corrected chi connectivity index (χ1v) is 9.68. The maximum atomic E-state index is 12.7. The molecular weight excluding hydrogens is 310 g/mol. The summed E-state index contributed by atoms with van der Waals surface area (Å²) in [7, 11) is 0. The number of nitrogens with one attached hydrogen (secondary N) is 2. The molecular formula is C16H25N5OS. The van der Waals surface area contributed by atoms with Gasteiger partial charge in [0.25, 0.3) is 0 Å². The third-order valence-corrected chi connectivity index (χ3v) is 7.37. The second-order valence-electron chi connectivity index (χ2n) is 7.29. The number of thioether (sulfide) groups is 1. The van der Waals surface area contributed by atoms with Crippen LogP contribution in [0.3, 0.4) is 0 Å². The zero-order valence-corrected chi connectivity index (χ0v) is 14.3. The normalized spacial score (nSPS) is 36.1. The van der Waals surface area contributed by atoms with Gasteiger partial charge in [-0.2, -0.15) is 4.98 Å². The summed E-state index contributed by atoms with van der Waals surface area (Å²) in [6.07, 6.45) is 7.47. The highest BCUT2D eigenvalue weighted by atomic mass is 32.2. The van der Waals surface area contributed by atoms with Crippen molar-refractivity contribution in [3.8, 4) is 0 Å². The molecule has 0 aliphatic heterocycles. The Bertz CT molecular complexity index is 591. The molecule has 1 aromatic rings. The van der Waals surface area contributed by atoms with Gasteiger partial charge in [0.2, 0.25) is 17.0 Å². The molecule has 0 aromatic carbocycles. The summed E-state index contributed by atoms with van der Waals surface area (Å²) < 4.78 is 0. The molecule has 4 rings (SSSR count). The monoisotopic (exact) mass is 335 g/mol. The van der Waals surface area contributed by atoms with Gasteiger partial charge in [-0.15, -0.1) is 5.10 Å². The average molecular weight is 335 g/mol. The van der Waals surface area contributed by atoms with Gasteiger partial charge in [0, 0.05) is 6.04 Å². The van der Waals surface area contributed by atoms with E-state index in [-0.39, 0.29) is 11.2 Å². The molecule has 0 spiro atoms. The number of nitrogens with two attached hydrogens (primary N) is 1. The fraction of sp³-hybridized carbons (Fsp3) is 0.812. The maximum absolute atomic E-state index is 12.7. The Morgan fingerprint density at radius 2 is 2.22 bits per heavy atom. The molecule has 3 fully saturated rings. The topological polar surface area (TPSA) is 96.7 Å². The first kappa shape index (κ1) is 15.3. The second-order valence-corrected chi connectivity index (χ2v) is 8.46. The molecule has 1 heterocycles. The van der Waals surface area contributed by atoms with Crippen LogP contribution in [-0.2, 0) is 4.79 Å². The number of rotatable bonds is 5. The van der Waals surface area contributed by atoms with E-state index >= 15 is 0 Å². The number of hydrogen-bond acceptors (Lipinski definition) is 5. The van der Waals surface area contributed by atoms with Gasteiger partial charge >= 0.3 is 0 Å². The molecule has 6 atom stereocenters. The Morgan fingerprint density at radius 3 is 2.96 bits per heavy atom. The molecule has 3 aliphatic carbocycles. The first-order chi connectivity index (χ1) is 11.2. The van der Waals surface area contributed by atoms with Crippen LogP contribution in [0.15, 0.2) is 5.16 Å². The zero-order valence-electron chi connectivity index (χ0n) is 13.5. The number of H-pyrrole nitrogens is 1. The Morgan fingerprint density at radius 1 is 1.39 bits per heavy atom. The molecule has 3 saturated carbocycles. The molecule has 126 valence electrons. The van der Waals surface area contributed by atoms with E-state index in [1.165, 1.54) is 43.9 Å². The molecule has 2 bridgehead atoms. The SMILES string of the molecule is CCC(Sc1n[nH]c(N)n1)C(=O)NC1CC2CC1C1CCCC21. The van der Waals surface area contributed by atoms with E-state index in [1.54, 1.807) is 0 Å². The number of carbonyl (C=O) groups is 1. The van der Waals surface area contributed by atoms with Crippen molar-refractivity contribution in [2.45, 2.75) is 61.9 Å². The van der Waals surface area contributed by atoms with Gasteiger partial charge in [0.15, 0.2) is 0 Å². The van der Waals surface area contributed by atoms with E-state index in [4.69, 9.17) is 5.73 Å². The molecule has 1 aromatic heterocycles. The van der Waals surface area contributed by atoms with Crippen molar-refractivity contribution in [3.63, 3.8) is 0 Å². The average Bonchev–Trinajstić information content (AvgIpc) is 3.26. The minimum atomic E-state index is -0.149. The molecule has 0 saturated heterocycles. The number of nitrogen functional groups attached to an aromatic ring is 1. The lowest BCUT2D eigenvalue weighted by molar-refractivity contribution is -0.121. The van der Waals surface area contributed by atoms with E-state index in [0.717, 1.165) is 30.1 Å². The van der Waals surface area contributed by atoms with E-state index in [9.17, 15) is 4.79 Å². The third kappa shape index (κ3) is 2.73. The number of aromatic nitrogens is 3. The van der Waals surface area contributed by atoms with Crippen molar-refractivity contribution in [2.24, 2.45) is 23.7 Å². The van der Waals surface area contributed by atoms with Crippen molar-refractivity contribution >= 4 is 23.6 Å². The van der Waals surface area contributed by atoms with Crippen molar-refractivity contribution in [1.82, 2.24) is 20.5 Å². The number of fused-ring (bicyclic) bond motifs is 5. The van der Waals surface area contributed by atoms with Crippen molar-refractivity contribution < 1.29 is 4.79 Å². The van der Waals surface area contributed by atoms with Crippen LogP contribution < -0.4 is 11.1 Å². The van der Waals surface area contributed by atoms with Crippen LogP contribution in [0.5, 0.6) is 0 Å². The fourth-order valence-corrected chi connectivity index (χ4v) is 6.12. The van der Waals surface area contributed by atoms with Crippen LogP contribution >= 0.6 is 11.8 Å². The molecule has 3 aliphatic rings. The van der Waals surface area contributed by atoms with Crippen LogP contribution in [0.25, 0.3) is 0 Å². The fourth-order valence-electron chi connectivity index (χ4n) is 5.27. The van der Waals surface area contributed by atoms with Crippen molar-refractivity contribution in [2.75, 3.05) is 5.73 Å². The van der Waals surface area contributed by atoms with Gasteiger partial charge in [0.05, 0.1) is 5.25 Å². The van der Waals surface area contributed by atoms with Gasteiger partial charge in [0.1, 0.15) is 0 Å². The molecule has 6 nitrogen and oxygen atoms in total. The number of nitrogens with zero attached hydrogens (tertiary/aromatic N) is 2. The highest BCUT2D eigenvalue weighted by Crippen LogP contribution is 2.58. The predicted molar refractivity (Wildman–Crippen MR) is 89.7 cm³/mol. The molecule has 1 amide bonds. The predicted octanol–water partition coefficient (Wildman–Crippen LogP) is 2.20. The lowest BCUT2D eigenvalue weighted by Crippen LogP contribution is -2.45. The lowest BCUT2D eigenvalue weighted by atomic mass is 9.79. The quantitative estimate of drug-likeness (QED) is 0.717. The summed E-state index contributed by atoms with van der Waals surface area (Å²) in [5, 5.41) is 10.4. The standard InChI is InChI=1S/C16H25N5OS/c1-2-13(23-16-19-15(17)20-21-16)14(22)18-12-7-8-6-11(12)10-5-3-4-9(8)10/h8-13H,2-7H2,1H3,(H,18,22)(H3,17,19,20,21). The molecule has 7 heteroatoms. The highest BCUT2D eigenvalue weighted by Gasteiger charge is 2.54. The van der Waals surface area contributed by atoms with E-state index in [0.29, 0.717) is 17.1 Å². The third-order valence-electron chi connectivity index (χ3n) is 6.15. The van der Waals surface area contributed by atoms with Gasteiger partial charge in [-0.3, -0.25) is 4.79 Å². The Kier molecular flexibility index (Phi) is 3.99. The van der Waals surface area contributed by atoms with Crippen molar-refractivity contribution in [1.29, 1.82) is 0 Å². The smallest absolute Gasteiger partial charge is 0.233 e. The summed E-state index contributed by atoms with van der Waals surface area (Å²) in [5.41, 5.74) is 5.55. The van der Waals surface area contributed by atoms with E-state index in [2.05, 4.69) is 20.5 Å². The van der Waals surface area contributed by atoms with Crippen LogP contribution in [0.4, 0.5) is 5.95 Å². The summed E-state index contributed by atoms with van der Waals surface area (Å²) >= 11 is 1.39. The molecule has 4 N–H and O–H groups in total. The number of hydrogen-bond donors (Lipinski definition) is 3. The van der Waals surface area contributed by atoms with Gasteiger partial charge in [-0.25, -0.2) is 5.10 Å². The second kappa shape index (κ2) is 6.00. The highest BCUT2D eigenvalue weighted by molar-refractivity contribution is 8.00. The van der Waals surface area contributed by atoms with Gasteiger partial charge in [-0.05, 0) is 55.8 Å². The van der Waals surface area contributed by atoms with Gasteiger partial charge < -0.3 is 11.1 Å². The largest absolute Gasteiger partial charge is 0.368 e. The van der Waals surface area contributed by atoms with Crippen LogP contribution in [0.2, 0.25) is 0 Å². The molecule has 6 unspecified atom stereocenters. The summed E-state index contributed by atoms with van der Waals surface area (Å²) in [4.78, 5) is 16.8. The lowest BCUT2D eigenvalue weighted by Gasteiger charge is -2.32. The number of anilines is 1. The first-order valence-electron chi connectivity index (χ1n) is 8.80. The number of carbonyl (C=O) groups excluding carboxylic acids is 1. The molecule has 0 radical (unpaired) electrons. The minimum Gasteiger partial charge on any atom is -0.368 e. The number of amides is 1. The summed E-state index contributed by atoms with van der Waals surface area (Å²) in [5.74, 6) is 3.84. The van der Waals surface area contributed by atoms with E-state index in [1.807, 2.05) is 6.92 Å². The van der Waals surface area contributed by atoms with Crippen LogP contribution in [0.1, 0.15) is 45.4 Å². The van der Waals surface area contributed by atoms with Crippen LogP contribution in [0, 0.1) is 23.7 Å². The maximum Gasteiger partial charge on any atom is 0.233 e. The zero-order chi connectivity index (χ0) is 16.0. The number of aromatic amines is 1. The molecule has 23 heavy (non-hydrogen) atoms. The summed E-state index contributed by atoms with van der Waals surface area (Å²) in [6.45, 7) is 2.03. The Balaban J connectivity index is 1.37. The van der Waals surface area contributed by atoms with Crippen LogP contribution in [-0.4, -0.2) is 32.4 Å². The van der Waals surface area contributed by atoms with E-state index < -0.39 is 0 Å². The minimum absolute atomic E-state index is 0.132.